The number of ether oxygens (including phenoxy) is 2. The lowest BCUT2D eigenvalue weighted by molar-refractivity contribution is 0.0939. The van der Waals surface area contributed by atoms with Crippen LogP contribution in [-0.2, 0) is 0 Å². The first-order valence-electron chi connectivity index (χ1n) is 7.31. The van der Waals surface area contributed by atoms with Crippen molar-refractivity contribution >= 4 is 5.91 Å². The zero-order chi connectivity index (χ0) is 15.9. The molecule has 22 heavy (non-hydrogen) atoms. The summed E-state index contributed by atoms with van der Waals surface area (Å²) in [5.74, 6) is 1.38. The van der Waals surface area contributed by atoms with E-state index in [1.54, 1.807) is 19.2 Å². The molecule has 0 aliphatic carbocycles. The summed E-state index contributed by atoms with van der Waals surface area (Å²) < 4.78 is 10.6. The normalized spacial score (nSPS) is 11.6. The van der Waals surface area contributed by atoms with E-state index < -0.39 is 0 Å². The molecule has 0 aliphatic heterocycles. The van der Waals surface area contributed by atoms with Gasteiger partial charge in [0.25, 0.3) is 5.91 Å². The average molecular weight is 299 g/mol. The molecule has 0 radical (unpaired) electrons. The van der Waals surface area contributed by atoms with Crippen LogP contribution in [0.25, 0.3) is 0 Å². The number of hydrogen-bond acceptors (Lipinski definition) is 3. The number of methoxy groups -OCH3 is 1. The summed E-state index contributed by atoms with van der Waals surface area (Å²) in [4.78, 5) is 12.3. The molecule has 4 nitrogen and oxygen atoms in total. The van der Waals surface area contributed by atoms with E-state index in [4.69, 9.17) is 9.47 Å². The highest BCUT2D eigenvalue weighted by Gasteiger charge is 2.12. The van der Waals surface area contributed by atoms with Crippen molar-refractivity contribution in [2.24, 2.45) is 0 Å². The molecule has 0 spiro atoms. The zero-order valence-electron chi connectivity index (χ0n) is 13.1. The summed E-state index contributed by atoms with van der Waals surface area (Å²) in [5.41, 5.74) is 1.61. The second-order valence-electron chi connectivity index (χ2n) is 4.93. The fourth-order valence-corrected chi connectivity index (χ4v) is 2.15. The van der Waals surface area contributed by atoms with E-state index in [1.807, 2.05) is 50.2 Å². The van der Waals surface area contributed by atoms with Gasteiger partial charge in [0.2, 0.25) is 0 Å². The molecule has 0 aliphatic rings. The maximum absolute atomic E-state index is 12.3. The highest BCUT2D eigenvalue weighted by molar-refractivity contribution is 5.94. The van der Waals surface area contributed by atoms with Gasteiger partial charge in [-0.2, -0.15) is 0 Å². The van der Waals surface area contributed by atoms with E-state index in [9.17, 15) is 4.79 Å². The van der Waals surface area contributed by atoms with Crippen molar-refractivity contribution in [1.82, 2.24) is 5.32 Å². The molecule has 2 aromatic carbocycles. The van der Waals surface area contributed by atoms with Crippen LogP contribution in [0.15, 0.2) is 48.5 Å². The van der Waals surface area contributed by atoms with Crippen LogP contribution in [0.5, 0.6) is 11.5 Å². The summed E-state index contributed by atoms with van der Waals surface area (Å²) in [7, 11) is 1.63. The molecule has 2 aromatic rings. The molecule has 0 saturated carbocycles. The minimum absolute atomic E-state index is 0.0887. The third-order valence-electron chi connectivity index (χ3n) is 3.37. The van der Waals surface area contributed by atoms with E-state index in [0.29, 0.717) is 17.9 Å². The van der Waals surface area contributed by atoms with Gasteiger partial charge in [-0.15, -0.1) is 0 Å². The molecule has 1 atom stereocenters. The van der Waals surface area contributed by atoms with Crippen molar-refractivity contribution < 1.29 is 14.3 Å². The van der Waals surface area contributed by atoms with Gasteiger partial charge in [0.15, 0.2) is 0 Å². The van der Waals surface area contributed by atoms with Crippen molar-refractivity contribution in [3.05, 3.63) is 59.7 Å². The molecule has 0 heterocycles. The number of rotatable bonds is 6. The van der Waals surface area contributed by atoms with Gasteiger partial charge in [0.05, 0.1) is 19.8 Å². The van der Waals surface area contributed by atoms with Gasteiger partial charge in [-0.3, -0.25) is 4.79 Å². The standard InChI is InChI=1S/C18H21NO3/c1-4-22-17-7-5-6-15(12-17)18(20)19-13(2)14-8-10-16(21-3)11-9-14/h5-13H,4H2,1-3H3,(H,19,20)/t13-/m0/s1. The van der Waals surface area contributed by atoms with Crippen molar-refractivity contribution in [3.63, 3.8) is 0 Å². The van der Waals surface area contributed by atoms with Gasteiger partial charge in [-0.05, 0) is 49.7 Å². The third-order valence-corrected chi connectivity index (χ3v) is 3.37. The highest BCUT2D eigenvalue weighted by atomic mass is 16.5. The van der Waals surface area contributed by atoms with E-state index in [2.05, 4.69) is 5.32 Å². The van der Waals surface area contributed by atoms with Crippen molar-refractivity contribution in [1.29, 1.82) is 0 Å². The van der Waals surface area contributed by atoms with Crippen LogP contribution in [0.2, 0.25) is 0 Å². The van der Waals surface area contributed by atoms with Gasteiger partial charge in [-0.25, -0.2) is 0 Å². The van der Waals surface area contributed by atoms with Crippen LogP contribution in [0.1, 0.15) is 35.8 Å². The minimum atomic E-state index is -0.120. The Balaban J connectivity index is 2.05. The fraction of sp³-hybridized carbons (Fsp3) is 0.278. The molecule has 0 unspecified atom stereocenters. The Bertz CT molecular complexity index is 622. The summed E-state index contributed by atoms with van der Waals surface area (Å²) in [6, 6.07) is 14.8. The summed E-state index contributed by atoms with van der Waals surface area (Å²) >= 11 is 0. The number of nitrogens with one attached hydrogen (secondary N) is 1. The first kappa shape index (κ1) is 15.9. The maximum atomic E-state index is 12.3. The minimum Gasteiger partial charge on any atom is -0.497 e. The summed E-state index contributed by atoms with van der Waals surface area (Å²) in [5, 5.41) is 2.98. The number of amides is 1. The summed E-state index contributed by atoms with van der Waals surface area (Å²) in [6.45, 7) is 4.44. The monoisotopic (exact) mass is 299 g/mol. The van der Waals surface area contributed by atoms with Crippen LogP contribution >= 0.6 is 0 Å². The van der Waals surface area contributed by atoms with Gasteiger partial charge in [0, 0.05) is 5.56 Å². The molecular formula is C18H21NO3. The van der Waals surface area contributed by atoms with Gasteiger partial charge < -0.3 is 14.8 Å². The van der Waals surface area contributed by atoms with Crippen LogP contribution in [0.3, 0.4) is 0 Å². The molecule has 4 heteroatoms. The number of benzene rings is 2. The van der Waals surface area contributed by atoms with Gasteiger partial charge in [-0.1, -0.05) is 18.2 Å². The maximum Gasteiger partial charge on any atom is 0.251 e. The fourth-order valence-electron chi connectivity index (χ4n) is 2.15. The first-order valence-corrected chi connectivity index (χ1v) is 7.31. The second kappa shape index (κ2) is 7.50. The number of hydrogen-bond donors (Lipinski definition) is 1. The van der Waals surface area contributed by atoms with E-state index in [0.717, 1.165) is 11.3 Å². The SMILES string of the molecule is CCOc1cccc(C(=O)N[C@@H](C)c2ccc(OC)cc2)c1. The Morgan fingerprint density at radius 3 is 2.50 bits per heavy atom. The van der Waals surface area contributed by atoms with Crippen LogP contribution in [0.4, 0.5) is 0 Å². The van der Waals surface area contributed by atoms with Gasteiger partial charge >= 0.3 is 0 Å². The van der Waals surface area contributed by atoms with Crippen molar-refractivity contribution in [3.8, 4) is 11.5 Å². The predicted molar refractivity (Wildman–Crippen MR) is 86.5 cm³/mol. The molecule has 116 valence electrons. The topological polar surface area (TPSA) is 47.6 Å². The lowest BCUT2D eigenvalue weighted by atomic mass is 10.1. The highest BCUT2D eigenvalue weighted by Crippen LogP contribution is 2.18. The number of carbonyl (C=O) groups excluding carboxylic acids is 1. The van der Waals surface area contributed by atoms with Crippen LogP contribution in [-0.4, -0.2) is 19.6 Å². The Labute approximate surface area is 131 Å². The van der Waals surface area contributed by atoms with E-state index in [1.165, 1.54) is 0 Å². The van der Waals surface area contributed by atoms with Crippen molar-refractivity contribution in [2.45, 2.75) is 19.9 Å². The van der Waals surface area contributed by atoms with E-state index >= 15 is 0 Å². The Morgan fingerprint density at radius 1 is 1.14 bits per heavy atom. The lowest BCUT2D eigenvalue weighted by Crippen LogP contribution is -2.26. The lowest BCUT2D eigenvalue weighted by Gasteiger charge is -2.15. The Morgan fingerprint density at radius 2 is 1.86 bits per heavy atom. The summed E-state index contributed by atoms with van der Waals surface area (Å²) in [6.07, 6.45) is 0. The smallest absolute Gasteiger partial charge is 0.251 e. The van der Waals surface area contributed by atoms with Crippen LogP contribution < -0.4 is 14.8 Å². The average Bonchev–Trinajstić information content (AvgIpc) is 2.55. The molecular weight excluding hydrogens is 278 g/mol. The quantitative estimate of drug-likeness (QED) is 0.887. The number of carbonyl (C=O) groups is 1. The second-order valence-corrected chi connectivity index (χ2v) is 4.93. The van der Waals surface area contributed by atoms with Crippen LogP contribution in [0, 0.1) is 0 Å². The third kappa shape index (κ3) is 4.01. The molecule has 1 N–H and O–H groups in total. The van der Waals surface area contributed by atoms with Gasteiger partial charge in [0.1, 0.15) is 11.5 Å². The van der Waals surface area contributed by atoms with Crippen molar-refractivity contribution in [2.75, 3.05) is 13.7 Å². The largest absolute Gasteiger partial charge is 0.497 e. The molecule has 0 aromatic heterocycles. The molecule has 0 fully saturated rings. The Kier molecular flexibility index (Phi) is 5.42. The first-order chi connectivity index (χ1) is 10.6. The van der Waals surface area contributed by atoms with E-state index in [-0.39, 0.29) is 11.9 Å². The molecule has 0 saturated heterocycles. The molecule has 2 rings (SSSR count). The molecule has 0 bridgehead atoms. The molecule has 1 amide bonds. The zero-order valence-corrected chi connectivity index (χ0v) is 13.1. The predicted octanol–water partition coefficient (Wildman–Crippen LogP) is 3.58. The Hall–Kier alpha value is -2.49.